The largest absolute Gasteiger partial charge is 0.207 e. The van der Waals surface area contributed by atoms with Crippen molar-refractivity contribution >= 4 is 26.7 Å². The number of fused-ring (bicyclic) bond motifs is 1. The molecule has 0 aliphatic rings. The maximum absolute atomic E-state index is 13.2. The number of hydrogen-bond acceptors (Lipinski definition) is 0. The molecule has 0 spiro atoms. The summed E-state index contributed by atoms with van der Waals surface area (Å²) < 4.78 is 13.2. The lowest BCUT2D eigenvalue weighted by Crippen LogP contribution is -1.88. The summed E-state index contributed by atoms with van der Waals surface area (Å²) in [6.07, 6.45) is 0. The SMILES string of the molecule is CC(Br)c1cc(F)cc2ccccc12. The van der Waals surface area contributed by atoms with Gasteiger partial charge < -0.3 is 0 Å². The van der Waals surface area contributed by atoms with Crippen LogP contribution in [-0.4, -0.2) is 0 Å². The van der Waals surface area contributed by atoms with Gasteiger partial charge in [-0.05, 0) is 35.4 Å². The summed E-state index contributed by atoms with van der Waals surface area (Å²) in [6, 6.07) is 11.0. The van der Waals surface area contributed by atoms with Crippen molar-refractivity contribution in [1.29, 1.82) is 0 Å². The molecule has 2 aromatic carbocycles. The van der Waals surface area contributed by atoms with Crippen molar-refractivity contribution in [2.24, 2.45) is 0 Å². The Kier molecular flexibility index (Phi) is 2.55. The van der Waals surface area contributed by atoms with Crippen LogP contribution in [0.4, 0.5) is 4.39 Å². The zero-order valence-electron chi connectivity index (χ0n) is 7.80. The Morgan fingerprint density at radius 3 is 2.64 bits per heavy atom. The molecular weight excluding hydrogens is 243 g/mol. The number of hydrogen-bond donors (Lipinski definition) is 0. The molecule has 0 saturated heterocycles. The average molecular weight is 253 g/mol. The van der Waals surface area contributed by atoms with Gasteiger partial charge in [0.15, 0.2) is 0 Å². The third-order valence-corrected chi connectivity index (χ3v) is 2.78. The molecule has 14 heavy (non-hydrogen) atoms. The summed E-state index contributed by atoms with van der Waals surface area (Å²) in [6.45, 7) is 2.00. The second kappa shape index (κ2) is 3.70. The van der Waals surface area contributed by atoms with Crippen LogP contribution in [0.1, 0.15) is 17.3 Å². The topological polar surface area (TPSA) is 0 Å². The highest BCUT2D eigenvalue weighted by molar-refractivity contribution is 9.09. The van der Waals surface area contributed by atoms with Gasteiger partial charge in [-0.1, -0.05) is 40.2 Å². The average Bonchev–Trinajstić information content (AvgIpc) is 2.16. The number of rotatable bonds is 1. The van der Waals surface area contributed by atoms with Crippen molar-refractivity contribution < 1.29 is 4.39 Å². The Morgan fingerprint density at radius 1 is 1.21 bits per heavy atom. The fourth-order valence-electron chi connectivity index (χ4n) is 1.63. The second-order valence-electron chi connectivity index (χ2n) is 3.33. The zero-order valence-corrected chi connectivity index (χ0v) is 9.38. The zero-order chi connectivity index (χ0) is 10.1. The van der Waals surface area contributed by atoms with Crippen molar-refractivity contribution in [3.63, 3.8) is 0 Å². The molecule has 0 fully saturated rings. The molecule has 0 nitrogen and oxygen atoms in total. The summed E-state index contributed by atoms with van der Waals surface area (Å²) in [4.78, 5) is 0.170. The van der Waals surface area contributed by atoms with Gasteiger partial charge in [0.25, 0.3) is 0 Å². The van der Waals surface area contributed by atoms with Crippen LogP contribution in [0.5, 0.6) is 0 Å². The first kappa shape index (κ1) is 9.66. The maximum atomic E-state index is 13.2. The van der Waals surface area contributed by atoms with Gasteiger partial charge in [-0.2, -0.15) is 0 Å². The third-order valence-electron chi connectivity index (χ3n) is 2.29. The minimum Gasteiger partial charge on any atom is -0.207 e. The molecule has 0 heterocycles. The summed E-state index contributed by atoms with van der Waals surface area (Å²) in [7, 11) is 0. The van der Waals surface area contributed by atoms with E-state index in [9.17, 15) is 4.39 Å². The third kappa shape index (κ3) is 1.67. The van der Waals surface area contributed by atoms with E-state index >= 15 is 0 Å². The fraction of sp³-hybridized carbons (Fsp3) is 0.167. The van der Waals surface area contributed by atoms with Gasteiger partial charge >= 0.3 is 0 Å². The highest BCUT2D eigenvalue weighted by Crippen LogP contribution is 2.30. The Bertz CT molecular complexity index is 463. The quantitative estimate of drug-likeness (QED) is 0.659. The van der Waals surface area contributed by atoms with E-state index in [1.54, 1.807) is 12.1 Å². The van der Waals surface area contributed by atoms with E-state index in [-0.39, 0.29) is 10.6 Å². The van der Waals surface area contributed by atoms with Crippen LogP contribution in [0.25, 0.3) is 10.8 Å². The molecule has 0 aromatic heterocycles. The van der Waals surface area contributed by atoms with Gasteiger partial charge in [0, 0.05) is 4.83 Å². The van der Waals surface area contributed by atoms with Crippen LogP contribution in [0.3, 0.4) is 0 Å². The number of benzene rings is 2. The fourth-order valence-corrected chi connectivity index (χ4v) is 2.01. The molecule has 0 radical (unpaired) electrons. The molecule has 0 aliphatic carbocycles. The Balaban J connectivity index is 2.80. The molecule has 2 rings (SSSR count). The molecular formula is C12H10BrF. The standard InChI is InChI=1S/C12H10BrF/c1-8(13)12-7-10(14)6-9-4-2-3-5-11(9)12/h2-8H,1H3. The van der Waals surface area contributed by atoms with Gasteiger partial charge in [0.05, 0.1) is 0 Å². The van der Waals surface area contributed by atoms with E-state index in [0.29, 0.717) is 0 Å². The molecule has 0 amide bonds. The minimum atomic E-state index is -0.176. The van der Waals surface area contributed by atoms with E-state index in [0.717, 1.165) is 16.3 Å². The molecule has 2 aromatic rings. The first-order valence-electron chi connectivity index (χ1n) is 4.51. The summed E-state index contributed by atoms with van der Waals surface area (Å²) in [5.74, 6) is -0.176. The molecule has 0 saturated carbocycles. The van der Waals surface area contributed by atoms with Gasteiger partial charge in [-0.15, -0.1) is 0 Å². The van der Waals surface area contributed by atoms with E-state index < -0.39 is 0 Å². The minimum absolute atomic E-state index is 0.170. The maximum Gasteiger partial charge on any atom is 0.124 e. The Labute approximate surface area is 90.9 Å². The summed E-state index contributed by atoms with van der Waals surface area (Å²) in [5.41, 5.74) is 1.00. The van der Waals surface area contributed by atoms with Gasteiger partial charge in [-0.3, -0.25) is 0 Å². The Morgan fingerprint density at radius 2 is 1.93 bits per heavy atom. The first-order valence-corrected chi connectivity index (χ1v) is 5.42. The normalized spacial score (nSPS) is 13.1. The van der Waals surface area contributed by atoms with E-state index in [1.165, 1.54) is 0 Å². The van der Waals surface area contributed by atoms with Crippen LogP contribution >= 0.6 is 15.9 Å². The number of alkyl halides is 1. The number of halogens is 2. The van der Waals surface area contributed by atoms with Crippen molar-refractivity contribution in [2.45, 2.75) is 11.8 Å². The molecule has 72 valence electrons. The molecule has 0 N–H and O–H groups in total. The summed E-state index contributed by atoms with van der Waals surface area (Å²) >= 11 is 3.47. The highest BCUT2D eigenvalue weighted by Gasteiger charge is 2.07. The molecule has 1 unspecified atom stereocenters. The van der Waals surface area contributed by atoms with Gasteiger partial charge in [-0.25, -0.2) is 4.39 Å². The highest BCUT2D eigenvalue weighted by atomic mass is 79.9. The van der Waals surface area contributed by atoms with E-state index in [2.05, 4.69) is 15.9 Å². The van der Waals surface area contributed by atoms with E-state index in [1.807, 2.05) is 31.2 Å². The lowest BCUT2D eigenvalue weighted by Gasteiger charge is -2.08. The molecule has 1 atom stereocenters. The van der Waals surface area contributed by atoms with Crippen molar-refractivity contribution in [1.82, 2.24) is 0 Å². The predicted octanol–water partition coefficient (Wildman–Crippen LogP) is 4.43. The molecule has 0 bridgehead atoms. The lowest BCUT2D eigenvalue weighted by atomic mass is 10.0. The van der Waals surface area contributed by atoms with Crippen LogP contribution in [0, 0.1) is 5.82 Å². The van der Waals surface area contributed by atoms with Crippen LogP contribution in [0.15, 0.2) is 36.4 Å². The van der Waals surface area contributed by atoms with Crippen LogP contribution < -0.4 is 0 Å². The second-order valence-corrected chi connectivity index (χ2v) is 4.71. The van der Waals surface area contributed by atoms with Crippen molar-refractivity contribution in [2.75, 3.05) is 0 Å². The van der Waals surface area contributed by atoms with Crippen LogP contribution in [0.2, 0.25) is 0 Å². The summed E-state index contributed by atoms with van der Waals surface area (Å²) in [5, 5.41) is 2.06. The monoisotopic (exact) mass is 252 g/mol. The van der Waals surface area contributed by atoms with Crippen molar-refractivity contribution in [3.8, 4) is 0 Å². The van der Waals surface area contributed by atoms with E-state index in [4.69, 9.17) is 0 Å². The van der Waals surface area contributed by atoms with Gasteiger partial charge in [0.2, 0.25) is 0 Å². The Hall–Kier alpha value is -0.890. The lowest BCUT2D eigenvalue weighted by molar-refractivity contribution is 0.628. The van der Waals surface area contributed by atoms with Crippen molar-refractivity contribution in [3.05, 3.63) is 47.8 Å². The van der Waals surface area contributed by atoms with Crippen LogP contribution in [-0.2, 0) is 0 Å². The molecule has 0 aliphatic heterocycles. The first-order chi connectivity index (χ1) is 6.68. The smallest absolute Gasteiger partial charge is 0.124 e. The van der Waals surface area contributed by atoms with Gasteiger partial charge in [0.1, 0.15) is 5.82 Å². The predicted molar refractivity (Wildman–Crippen MR) is 61.2 cm³/mol. The molecule has 2 heteroatoms.